The van der Waals surface area contributed by atoms with E-state index in [9.17, 15) is 0 Å². The molecule has 1 N–H and O–H groups in total. The second kappa shape index (κ2) is 6.74. The lowest BCUT2D eigenvalue weighted by molar-refractivity contribution is 0.370. The van der Waals surface area contributed by atoms with E-state index in [2.05, 4.69) is 39.6 Å². The molecule has 0 rings (SSSR count). The minimum absolute atomic E-state index is 0.360. The predicted molar refractivity (Wildman–Crippen MR) is 64.5 cm³/mol. The maximum atomic E-state index is 7.36. The van der Waals surface area contributed by atoms with Crippen molar-refractivity contribution in [1.29, 1.82) is 5.41 Å². The van der Waals surface area contributed by atoms with E-state index in [4.69, 9.17) is 5.41 Å². The SMILES string of the molecule is CC(C)C=NCC(C)C(C=N)C(C)C. The maximum Gasteiger partial charge on any atom is 0.0417 e. The quantitative estimate of drug-likeness (QED) is 0.633. The van der Waals surface area contributed by atoms with Gasteiger partial charge in [0.25, 0.3) is 0 Å². The molecule has 0 fully saturated rings. The highest BCUT2D eigenvalue weighted by Gasteiger charge is 2.17. The Morgan fingerprint density at radius 2 is 1.71 bits per heavy atom. The van der Waals surface area contributed by atoms with Gasteiger partial charge in [-0.25, -0.2) is 0 Å². The zero-order chi connectivity index (χ0) is 11.1. The van der Waals surface area contributed by atoms with Gasteiger partial charge in [0, 0.05) is 18.7 Å². The molecule has 2 heteroatoms. The van der Waals surface area contributed by atoms with Crippen LogP contribution in [-0.4, -0.2) is 19.0 Å². The zero-order valence-electron chi connectivity index (χ0n) is 10.1. The smallest absolute Gasteiger partial charge is 0.0417 e. The van der Waals surface area contributed by atoms with Crippen LogP contribution in [-0.2, 0) is 0 Å². The van der Waals surface area contributed by atoms with Crippen molar-refractivity contribution in [2.75, 3.05) is 6.54 Å². The van der Waals surface area contributed by atoms with Crippen LogP contribution in [0.4, 0.5) is 0 Å². The van der Waals surface area contributed by atoms with Crippen molar-refractivity contribution in [3.8, 4) is 0 Å². The molecule has 0 aliphatic heterocycles. The number of hydrogen-bond acceptors (Lipinski definition) is 2. The zero-order valence-corrected chi connectivity index (χ0v) is 10.1. The number of nitrogens with zero attached hydrogens (tertiary/aromatic N) is 1. The van der Waals surface area contributed by atoms with Gasteiger partial charge in [-0.05, 0) is 24.0 Å². The van der Waals surface area contributed by atoms with Gasteiger partial charge in [0.1, 0.15) is 0 Å². The fraction of sp³-hybridized carbons (Fsp3) is 0.833. The molecule has 2 nitrogen and oxygen atoms in total. The Kier molecular flexibility index (Phi) is 6.43. The summed E-state index contributed by atoms with van der Waals surface area (Å²) in [6, 6.07) is 0. The van der Waals surface area contributed by atoms with Crippen LogP contribution in [0, 0.1) is 29.1 Å². The molecule has 0 radical (unpaired) electrons. The van der Waals surface area contributed by atoms with Crippen LogP contribution in [0.25, 0.3) is 0 Å². The van der Waals surface area contributed by atoms with Crippen molar-refractivity contribution < 1.29 is 0 Å². The standard InChI is InChI=1S/C12H24N2/c1-9(2)7-14-8-11(5)12(6-13)10(3)4/h6-7,9-13H,8H2,1-5H3. The second-order valence-electron chi connectivity index (χ2n) is 4.72. The molecule has 0 bridgehead atoms. The number of hydrogen-bond donors (Lipinski definition) is 1. The van der Waals surface area contributed by atoms with Gasteiger partial charge >= 0.3 is 0 Å². The summed E-state index contributed by atoms with van der Waals surface area (Å²) in [5.41, 5.74) is 0. The first kappa shape index (κ1) is 13.3. The van der Waals surface area contributed by atoms with Crippen LogP contribution in [0.1, 0.15) is 34.6 Å². The Morgan fingerprint density at radius 3 is 2.07 bits per heavy atom. The molecular formula is C12H24N2. The van der Waals surface area contributed by atoms with Gasteiger partial charge in [-0.2, -0.15) is 0 Å². The number of nitrogens with one attached hydrogen (secondary N) is 1. The lowest BCUT2D eigenvalue weighted by atomic mass is 9.85. The Balaban J connectivity index is 4.04. The van der Waals surface area contributed by atoms with Crippen LogP contribution in [0.3, 0.4) is 0 Å². The molecule has 2 atom stereocenters. The Hall–Kier alpha value is -0.660. The van der Waals surface area contributed by atoms with Crippen molar-refractivity contribution >= 4 is 12.4 Å². The van der Waals surface area contributed by atoms with Gasteiger partial charge in [-0.1, -0.05) is 34.6 Å². The van der Waals surface area contributed by atoms with Crippen molar-refractivity contribution in [1.82, 2.24) is 0 Å². The highest BCUT2D eigenvalue weighted by atomic mass is 14.7. The average Bonchev–Trinajstić information content (AvgIpc) is 2.03. The van der Waals surface area contributed by atoms with Gasteiger partial charge in [-0.15, -0.1) is 0 Å². The van der Waals surface area contributed by atoms with Crippen LogP contribution in [0.5, 0.6) is 0 Å². The minimum atomic E-state index is 0.360. The van der Waals surface area contributed by atoms with Crippen LogP contribution in [0.2, 0.25) is 0 Å². The van der Waals surface area contributed by atoms with Crippen molar-refractivity contribution in [3.05, 3.63) is 0 Å². The third kappa shape index (κ3) is 5.15. The summed E-state index contributed by atoms with van der Waals surface area (Å²) < 4.78 is 0. The lowest BCUT2D eigenvalue weighted by Gasteiger charge is -2.21. The third-order valence-electron chi connectivity index (χ3n) is 2.42. The van der Waals surface area contributed by atoms with Crippen molar-refractivity contribution in [2.24, 2.45) is 28.7 Å². The molecule has 2 unspecified atom stereocenters. The molecule has 14 heavy (non-hydrogen) atoms. The summed E-state index contributed by atoms with van der Waals surface area (Å²) in [4.78, 5) is 4.39. The van der Waals surface area contributed by atoms with Gasteiger partial charge in [0.2, 0.25) is 0 Å². The van der Waals surface area contributed by atoms with Crippen molar-refractivity contribution in [3.63, 3.8) is 0 Å². The topological polar surface area (TPSA) is 36.2 Å². The summed E-state index contributed by atoms with van der Waals surface area (Å²) >= 11 is 0. The summed E-state index contributed by atoms with van der Waals surface area (Å²) in [5.74, 6) is 1.90. The molecule has 0 aliphatic rings. The largest absolute Gasteiger partial charge is 0.313 e. The van der Waals surface area contributed by atoms with E-state index < -0.39 is 0 Å². The average molecular weight is 196 g/mol. The predicted octanol–water partition coefficient (Wildman–Crippen LogP) is 3.27. The molecule has 0 saturated heterocycles. The molecule has 0 aliphatic carbocycles. The fourth-order valence-electron chi connectivity index (χ4n) is 1.57. The molecule has 0 heterocycles. The number of aliphatic imine (C=N–C) groups is 1. The molecule has 0 aromatic heterocycles. The lowest BCUT2D eigenvalue weighted by Crippen LogP contribution is -2.21. The third-order valence-corrected chi connectivity index (χ3v) is 2.42. The van der Waals surface area contributed by atoms with E-state index >= 15 is 0 Å². The highest BCUT2D eigenvalue weighted by molar-refractivity contribution is 5.60. The Morgan fingerprint density at radius 1 is 1.14 bits per heavy atom. The fourth-order valence-corrected chi connectivity index (χ4v) is 1.57. The normalized spacial score (nSPS) is 16.5. The first-order valence-electron chi connectivity index (χ1n) is 5.49. The van der Waals surface area contributed by atoms with E-state index in [1.807, 2.05) is 6.21 Å². The Bertz CT molecular complexity index is 183. The highest BCUT2D eigenvalue weighted by Crippen LogP contribution is 2.18. The maximum absolute atomic E-state index is 7.36. The monoisotopic (exact) mass is 196 g/mol. The number of rotatable bonds is 6. The van der Waals surface area contributed by atoms with Gasteiger partial charge in [0.15, 0.2) is 0 Å². The molecule has 0 saturated carbocycles. The van der Waals surface area contributed by atoms with E-state index in [0.29, 0.717) is 23.7 Å². The summed E-state index contributed by atoms with van der Waals surface area (Å²) in [6.45, 7) is 11.6. The van der Waals surface area contributed by atoms with Crippen LogP contribution in [0.15, 0.2) is 4.99 Å². The molecule has 0 amide bonds. The van der Waals surface area contributed by atoms with Crippen LogP contribution < -0.4 is 0 Å². The molecule has 82 valence electrons. The Labute approximate surface area is 88.3 Å². The molecular weight excluding hydrogens is 172 g/mol. The van der Waals surface area contributed by atoms with E-state index in [-0.39, 0.29) is 0 Å². The van der Waals surface area contributed by atoms with Crippen LogP contribution >= 0.6 is 0 Å². The van der Waals surface area contributed by atoms with E-state index in [0.717, 1.165) is 6.54 Å². The van der Waals surface area contributed by atoms with Gasteiger partial charge < -0.3 is 5.41 Å². The van der Waals surface area contributed by atoms with E-state index in [1.165, 1.54) is 0 Å². The first-order chi connectivity index (χ1) is 6.49. The van der Waals surface area contributed by atoms with Crippen molar-refractivity contribution in [2.45, 2.75) is 34.6 Å². The van der Waals surface area contributed by atoms with E-state index in [1.54, 1.807) is 6.21 Å². The second-order valence-corrected chi connectivity index (χ2v) is 4.72. The first-order valence-corrected chi connectivity index (χ1v) is 5.49. The van der Waals surface area contributed by atoms with Gasteiger partial charge in [0.05, 0.1) is 0 Å². The molecule has 0 aromatic carbocycles. The summed E-state index contributed by atoms with van der Waals surface area (Å²) in [6.07, 6.45) is 3.57. The summed E-state index contributed by atoms with van der Waals surface area (Å²) in [5, 5.41) is 7.36. The summed E-state index contributed by atoms with van der Waals surface area (Å²) in [7, 11) is 0. The molecule has 0 aromatic rings. The minimum Gasteiger partial charge on any atom is -0.313 e. The molecule has 0 spiro atoms. The van der Waals surface area contributed by atoms with Gasteiger partial charge in [-0.3, -0.25) is 4.99 Å².